The minimum Gasteiger partial charge on any atom is -0.392 e. The molecule has 2 aromatic rings. The van der Waals surface area contributed by atoms with Crippen LogP contribution in [0.2, 0.25) is 0 Å². The molecule has 0 atom stereocenters. The van der Waals surface area contributed by atoms with Crippen LogP contribution in [0.5, 0.6) is 0 Å². The lowest BCUT2D eigenvalue weighted by Gasteiger charge is -2.16. The van der Waals surface area contributed by atoms with Crippen molar-refractivity contribution in [1.82, 2.24) is 14.5 Å². The minimum atomic E-state index is -3.83. The first-order chi connectivity index (χ1) is 9.86. The van der Waals surface area contributed by atoms with Crippen LogP contribution in [-0.4, -0.2) is 35.1 Å². The Morgan fingerprint density at radius 1 is 1.33 bits per heavy atom. The highest BCUT2D eigenvalue weighted by atomic mass is 32.2. The van der Waals surface area contributed by atoms with E-state index in [1.54, 1.807) is 6.92 Å². The number of hydrogen-bond donors (Lipinski definition) is 2. The Morgan fingerprint density at radius 3 is 2.52 bits per heavy atom. The summed E-state index contributed by atoms with van der Waals surface area (Å²) in [6, 6.07) is 5.58. The van der Waals surface area contributed by atoms with Crippen molar-refractivity contribution in [3.63, 3.8) is 0 Å². The maximum Gasteiger partial charge on any atom is 0.262 e. The van der Waals surface area contributed by atoms with Crippen LogP contribution in [-0.2, 0) is 23.2 Å². The fourth-order valence-electron chi connectivity index (χ4n) is 1.91. The van der Waals surface area contributed by atoms with E-state index in [0.29, 0.717) is 11.3 Å². The summed E-state index contributed by atoms with van der Waals surface area (Å²) in [5.74, 6) is -0.380. The molecule has 0 amide bonds. The van der Waals surface area contributed by atoms with Gasteiger partial charge in [0.25, 0.3) is 10.0 Å². The summed E-state index contributed by atoms with van der Waals surface area (Å²) in [6.07, 6.45) is 0. The lowest BCUT2D eigenvalue weighted by Crippen LogP contribution is -2.27. The zero-order chi connectivity index (χ0) is 15.6. The van der Waals surface area contributed by atoms with Gasteiger partial charge in [0, 0.05) is 24.8 Å². The van der Waals surface area contributed by atoms with Crippen LogP contribution in [0.3, 0.4) is 0 Å². The highest BCUT2D eigenvalue weighted by Gasteiger charge is 2.27. The zero-order valence-corrected chi connectivity index (χ0v) is 12.5. The van der Waals surface area contributed by atoms with E-state index >= 15 is 0 Å². The fraction of sp³-hybridized carbons (Fsp3) is 0.308. The largest absolute Gasteiger partial charge is 0.392 e. The Morgan fingerprint density at radius 2 is 1.95 bits per heavy atom. The molecular weight excluding hydrogens is 297 g/mol. The molecular formula is C13H16FN3O3S. The zero-order valence-electron chi connectivity index (χ0n) is 11.7. The molecule has 2 N–H and O–H groups in total. The number of nitrogens with zero attached hydrogens (tertiary/aromatic N) is 2. The number of aromatic nitrogens is 2. The van der Waals surface area contributed by atoms with Gasteiger partial charge >= 0.3 is 0 Å². The summed E-state index contributed by atoms with van der Waals surface area (Å²) in [6.45, 7) is 1.30. The van der Waals surface area contributed by atoms with E-state index in [9.17, 15) is 17.9 Å². The van der Waals surface area contributed by atoms with E-state index in [1.165, 1.54) is 31.3 Å². The predicted octanol–water partition coefficient (Wildman–Crippen LogP) is 1.17. The van der Waals surface area contributed by atoms with Gasteiger partial charge in [-0.2, -0.15) is 9.40 Å². The second-order valence-electron chi connectivity index (χ2n) is 4.68. The standard InChI is InChI=1S/C13H16FN3O3S/c1-9-12(8-18)13(16-15-9)21(19,20)17(2)7-10-3-5-11(14)6-4-10/h3-6,18H,7-8H2,1-2H3,(H,15,16). The Hall–Kier alpha value is -1.77. The average molecular weight is 313 g/mol. The monoisotopic (exact) mass is 313 g/mol. The molecule has 114 valence electrons. The van der Waals surface area contributed by atoms with Crippen LogP contribution in [0.4, 0.5) is 4.39 Å². The van der Waals surface area contributed by atoms with Gasteiger partial charge < -0.3 is 5.11 Å². The Labute approximate surface area is 122 Å². The van der Waals surface area contributed by atoms with Gasteiger partial charge in [-0.05, 0) is 24.6 Å². The molecule has 0 bridgehead atoms. The molecule has 1 aromatic heterocycles. The molecule has 0 saturated carbocycles. The maximum absolute atomic E-state index is 12.9. The molecule has 0 unspecified atom stereocenters. The number of benzene rings is 1. The highest BCUT2D eigenvalue weighted by molar-refractivity contribution is 7.89. The molecule has 0 aliphatic carbocycles. The van der Waals surface area contributed by atoms with E-state index in [0.717, 1.165) is 4.31 Å². The number of aliphatic hydroxyl groups is 1. The van der Waals surface area contributed by atoms with Gasteiger partial charge in [-0.1, -0.05) is 12.1 Å². The summed E-state index contributed by atoms with van der Waals surface area (Å²) >= 11 is 0. The summed E-state index contributed by atoms with van der Waals surface area (Å²) < 4.78 is 38.9. The van der Waals surface area contributed by atoms with Gasteiger partial charge in [-0.3, -0.25) is 5.10 Å². The van der Waals surface area contributed by atoms with Crippen molar-refractivity contribution < 1.29 is 17.9 Å². The van der Waals surface area contributed by atoms with Gasteiger partial charge in [-0.15, -0.1) is 0 Å². The average Bonchev–Trinajstić information content (AvgIpc) is 2.82. The van der Waals surface area contributed by atoms with E-state index in [-0.39, 0.29) is 23.0 Å². The van der Waals surface area contributed by atoms with Crippen molar-refractivity contribution in [2.45, 2.75) is 25.1 Å². The molecule has 0 spiro atoms. The van der Waals surface area contributed by atoms with Crippen molar-refractivity contribution in [3.8, 4) is 0 Å². The summed E-state index contributed by atoms with van der Waals surface area (Å²) in [4.78, 5) is 0. The molecule has 1 heterocycles. The number of aryl methyl sites for hydroxylation is 1. The number of hydrogen-bond acceptors (Lipinski definition) is 4. The topological polar surface area (TPSA) is 86.3 Å². The van der Waals surface area contributed by atoms with Crippen molar-refractivity contribution in [2.24, 2.45) is 0 Å². The van der Waals surface area contributed by atoms with Gasteiger partial charge in [-0.25, -0.2) is 12.8 Å². The second-order valence-corrected chi connectivity index (χ2v) is 6.64. The van der Waals surface area contributed by atoms with Gasteiger partial charge in [0.05, 0.1) is 6.61 Å². The number of halogens is 1. The number of aliphatic hydroxyl groups excluding tert-OH is 1. The Balaban J connectivity index is 2.28. The third kappa shape index (κ3) is 3.12. The van der Waals surface area contributed by atoms with E-state index in [1.807, 2.05) is 0 Å². The lowest BCUT2D eigenvalue weighted by atomic mass is 10.2. The molecule has 8 heteroatoms. The Kier molecular flexibility index (Phi) is 4.40. The summed E-state index contributed by atoms with van der Waals surface area (Å²) in [5.41, 5.74) is 1.41. The molecule has 0 radical (unpaired) electrons. The number of H-pyrrole nitrogens is 1. The second kappa shape index (κ2) is 5.92. The van der Waals surface area contributed by atoms with Crippen LogP contribution in [0, 0.1) is 12.7 Å². The third-order valence-electron chi connectivity index (χ3n) is 3.17. The van der Waals surface area contributed by atoms with Crippen LogP contribution in [0.25, 0.3) is 0 Å². The van der Waals surface area contributed by atoms with Crippen molar-refractivity contribution >= 4 is 10.0 Å². The molecule has 0 aliphatic heterocycles. The van der Waals surface area contributed by atoms with Crippen molar-refractivity contribution in [2.75, 3.05) is 7.05 Å². The summed E-state index contributed by atoms with van der Waals surface area (Å²) in [5, 5.41) is 15.4. The molecule has 2 rings (SSSR count). The summed E-state index contributed by atoms with van der Waals surface area (Å²) in [7, 11) is -2.43. The van der Waals surface area contributed by atoms with Crippen LogP contribution in [0.1, 0.15) is 16.8 Å². The number of aromatic amines is 1. The molecule has 6 nitrogen and oxygen atoms in total. The molecule has 0 aliphatic rings. The van der Waals surface area contributed by atoms with Gasteiger partial charge in [0.2, 0.25) is 0 Å². The smallest absolute Gasteiger partial charge is 0.262 e. The van der Waals surface area contributed by atoms with Crippen molar-refractivity contribution in [1.29, 1.82) is 0 Å². The van der Waals surface area contributed by atoms with Crippen LogP contribution in [0.15, 0.2) is 29.3 Å². The highest BCUT2D eigenvalue weighted by Crippen LogP contribution is 2.21. The van der Waals surface area contributed by atoms with E-state index in [4.69, 9.17) is 0 Å². The van der Waals surface area contributed by atoms with Gasteiger partial charge in [0.1, 0.15) is 5.82 Å². The van der Waals surface area contributed by atoms with Crippen LogP contribution < -0.4 is 0 Å². The lowest BCUT2D eigenvalue weighted by molar-refractivity contribution is 0.277. The first-order valence-electron chi connectivity index (χ1n) is 6.21. The number of nitrogens with one attached hydrogen (secondary N) is 1. The fourth-order valence-corrected chi connectivity index (χ4v) is 3.21. The molecule has 0 fully saturated rings. The molecule has 0 saturated heterocycles. The SMILES string of the molecule is Cc1[nH]nc(S(=O)(=O)N(C)Cc2ccc(F)cc2)c1CO. The Bertz CT molecular complexity index is 726. The normalized spacial score (nSPS) is 12.0. The predicted molar refractivity (Wildman–Crippen MR) is 74.3 cm³/mol. The van der Waals surface area contributed by atoms with Crippen molar-refractivity contribution in [3.05, 3.63) is 46.9 Å². The van der Waals surface area contributed by atoms with E-state index < -0.39 is 16.6 Å². The molecule has 1 aromatic carbocycles. The third-order valence-corrected chi connectivity index (χ3v) is 4.94. The first kappa shape index (κ1) is 15.6. The minimum absolute atomic E-state index is 0.0827. The maximum atomic E-state index is 12.9. The first-order valence-corrected chi connectivity index (χ1v) is 7.65. The number of rotatable bonds is 5. The van der Waals surface area contributed by atoms with Gasteiger partial charge in [0.15, 0.2) is 5.03 Å². The molecule has 21 heavy (non-hydrogen) atoms. The number of sulfonamides is 1. The van der Waals surface area contributed by atoms with Crippen LogP contribution >= 0.6 is 0 Å². The van der Waals surface area contributed by atoms with E-state index in [2.05, 4.69) is 10.2 Å². The quantitative estimate of drug-likeness (QED) is 0.867.